The van der Waals surface area contributed by atoms with Gasteiger partial charge >= 0.3 is 5.97 Å². The number of halogens is 1. The van der Waals surface area contributed by atoms with Crippen LogP contribution in [-0.4, -0.2) is 11.7 Å². The van der Waals surface area contributed by atoms with Crippen molar-refractivity contribution in [1.29, 1.82) is 0 Å². The molecule has 0 atom stereocenters. The van der Waals surface area contributed by atoms with Crippen molar-refractivity contribution in [1.82, 2.24) is 0 Å². The summed E-state index contributed by atoms with van der Waals surface area (Å²) in [6.07, 6.45) is 1.64. The molecule has 0 spiro atoms. The molecule has 0 amide bonds. The van der Waals surface area contributed by atoms with Crippen LogP contribution >= 0.6 is 11.6 Å². The van der Waals surface area contributed by atoms with Crippen LogP contribution in [0.1, 0.15) is 16.9 Å². The molecule has 0 saturated heterocycles. The van der Waals surface area contributed by atoms with E-state index in [1.165, 1.54) is 0 Å². The number of benzene rings is 2. The van der Waals surface area contributed by atoms with Crippen LogP contribution in [0.4, 0.5) is 0 Å². The minimum atomic E-state index is -0.500. The molecular formula is C21H14ClNO3. The smallest absolute Gasteiger partial charge is 0.368 e. The van der Waals surface area contributed by atoms with Gasteiger partial charge in [0.05, 0.1) is 5.57 Å². The van der Waals surface area contributed by atoms with E-state index in [2.05, 4.69) is 5.16 Å². The van der Waals surface area contributed by atoms with E-state index < -0.39 is 5.97 Å². The molecular weight excluding hydrogens is 350 g/mol. The summed E-state index contributed by atoms with van der Waals surface area (Å²) in [5.41, 5.74) is 3.53. The van der Waals surface area contributed by atoms with Crippen LogP contribution in [0.3, 0.4) is 0 Å². The van der Waals surface area contributed by atoms with Crippen molar-refractivity contribution in [3.63, 3.8) is 0 Å². The fourth-order valence-corrected chi connectivity index (χ4v) is 2.87. The maximum atomic E-state index is 12.1. The molecule has 0 radical (unpaired) electrons. The van der Waals surface area contributed by atoms with Gasteiger partial charge in [0.15, 0.2) is 0 Å². The van der Waals surface area contributed by atoms with E-state index in [0.29, 0.717) is 27.8 Å². The quantitative estimate of drug-likeness (QED) is 0.471. The first kappa shape index (κ1) is 16.4. The van der Waals surface area contributed by atoms with E-state index >= 15 is 0 Å². The lowest BCUT2D eigenvalue weighted by molar-refractivity contribution is -0.136. The maximum absolute atomic E-state index is 12.1. The number of hydrogen-bond donors (Lipinski definition) is 0. The van der Waals surface area contributed by atoms with Gasteiger partial charge in [0.2, 0.25) is 0 Å². The van der Waals surface area contributed by atoms with Gasteiger partial charge in [-0.15, -0.1) is 0 Å². The monoisotopic (exact) mass is 363 g/mol. The zero-order chi connectivity index (χ0) is 18.1. The third kappa shape index (κ3) is 3.07. The number of aryl methyl sites for hydroxylation is 1. The van der Waals surface area contributed by atoms with Gasteiger partial charge in [-0.2, -0.15) is 0 Å². The third-order valence-corrected chi connectivity index (χ3v) is 4.52. The zero-order valence-corrected chi connectivity index (χ0v) is 14.7. The number of nitrogens with zero attached hydrogens (tertiary/aromatic N) is 1. The highest BCUT2D eigenvalue weighted by atomic mass is 35.5. The summed E-state index contributed by atoms with van der Waals surface area (Å²) in [4.78, 5) is 16.9. The SMILES string of the molecule is Cc1ccc(-c2ccc(/C=C3\C(=O)ON=C3c3ccccc3)o2)cc1Cl. The highest BCUT2D eigenvalue weighted by Crippen LogP contribution is 2.28. The summed E-state index contributed by atoms with van der Waals surface area (Å²) in [7, 11) is 0. The molecule has 0 bridgehead atoms. The molecule has 3 aromatic rings. The predicted octanol–water partition coefficient (Wildman–Crippen LogP) is 5.25. The van der Waals surface area contributed by atoms with E-state index in [9.17, 15) is 4.79 Å². The minimum absolute atomic E-state index is 0.360. The Balaban J connectivity index is 1.68. The van der Waals surface area contributed by atoms with Crippen molar-refractivity contribution in [2.75, 3.05) is 0 Å². The van der Waals surface area contributed by atoms with E-state index in [1.54, 1.807) is 12.1 Å². The van der Waals surface area contributed by atoms with Crippen LogP contribution in [0.15, 0.2) is 75.8 Å². The summed E-state index contributed by atoms with van der Waals surface area (Å²) >= 11 is 6.18. The number of oxime groups is 1. The number of furan rings is 1. The lowest BCUT2D eigenvalue weighted by Crippen LogP contribution is -2.06. The van der Waals surface area contributed by atoms with Crippen molar-refractivity contribution < 1.29 is 14.0 Å². The lowest BCUT2D eigenvalue weighted by Gasteiger charge is -2.01. The van der Waals surface area contributed by atoms with Crippen LogP contribution < -0.4 is 0 Å². The van der Waals surface area contributed by atoms with Crippen LogP contribution in [0.2, 0.25) is 5.02 Å². The highest BCUT2D eigenvalue weighted by molar-refractivity contribution is 6.32. The molecule has 128 valence electrons. The van der Waals surface area contributed by atoms with E-state index in [4.69, 9.17) is 20.9 Å². The molecule has 4 rings (SSSR count). The molecule has 0 aliphatic carbocycles. The van der Waals surface area contributed by atoms with Gasteiger partial charge in [0.1, 0.15) is 17.2 Å². The van der Waals surface area contributed by atoms with Crippen LogP contribution in [0, 0.1) is 6.92 Å². The largest absolute Gasteiger partial charge is 0.457 e. The number of carbonyl (C=O) groups is 1. The molecule has 2 aromatic carbocycles. The first-order valence-corrected chi connectivity index (χ1v) is 8.43. The Morgan fingerprint density at radius 1 is 1.00 bits per heavy atom. The Morgan fingerprint density at radius 2 is 1.81 bits per heavy atom. The zero-order valence-electron chi connectivity index (χ0n) is 13.9. The van der Waals surface area contributed by atoms with Crippen molar-refractivity contribution in [2.45, 2.75) is 6.92 Å². The molecule has 0 fully saturated rings. The minimum Gasteiger partial charge on any atom is -0.457 e. The van der Waals surface area contributed by atoms with Gasteiger partial charge in [-0.25, -0.2) is 4.79 Å². The van der Waals surface area contributed by atoms with Gasteiger partial charge in [0.25, 0.3) is 0 Å². The molecule has 0 unspecified atom stereocenters. The van der Waals surface area contributed by atoms with E-state index in [1.807, 2.05) is 61.5 Å². The topological polar surface area (TPSA) is 51.8 Å². The second kappa shape index (κ2) is 6.65. The molecule has 0 saturated carbocycles. The normalized spacial score (nSPS) is 15.2. The average molecular weight is 364 g/mol. The standard InChI is InChI=1S/C21H14ClNO3/c1-13-7-8-15(11-18(13)22)19-10-9-16(25-19)12-17-20(23-26-21(17)24)14-5-3-2-4-6-14/h2-12H,1H3/b17-12-. The van der Waals surface area contributed by atoms with Crippen molar-refractivity contribution in [3.8, 4) is 11.3 Å². The Hall–Kier alpha value is -3.11. The van der Waals surface area contributed by atoms with Gasteiger partial charge in [0, 0.05) is 16.1 Å². The van der Waals surface area contributed by atoms with Crippen molar-refractivity contribution >= 4 is 29.4 Å². The van der Waals surface area contributed by atoms with Crippen LogP contribution in [0.5, 0.6) is 0 Å². The number of hydrogen-bond acceptors (Lipinski definition) is 4. The predicted molar refractivity (Wildman–Crippen MR) is 101 cm³/mol. The molecule has 1 aliphatic heterocycles. The molecule has 2 heterocycles. The summed E-state index contributed by atoms with van der Waals surface area (Å²) in [5, 5.41) is 4.57. The summed E-state index contributed by atoms with van der Waals surface area (Å²) in [6, 6.07) is 18.8. The second-order valence-corrected chi connectivity index (χ2v) is 6.32. The summed E-state index contributed by atoms with van der Waals surface area (Å²) in [5.74, 6) is 0.706. The number of rotatable bonds is 3. The van der Waals surface area contributed by atoms with Crippen LogP contribution in [0.25, 0.3) is 17.4 Å². The molecule has 4 nitrogen and oxygen atoms in total. The highest BCUT2D eigenvalue weighted by Gasteiger charge is 2.27. The van der Waals surface area contributed by atoms with Gasteiger partial charge in [-0.3, -0.25) is 0 Å². The average Bonchev–Trinajstić information content (AvgIpc) is 3.26. The van der Waals surface area contributed by atoms with E-state index in [0.717, 1.165) is 16.7 Å². The van der Waals surface area contributed by atoms with Crippen LogP contribution in [-0.2, 0) is 9.63 Å². The Morgan fingerprint density at radius 3 is 2.58 bits per heavy atom. The molecule has 26 heavy (non-hydrogen) atoms. The fraction of sp³-hybridized carbons (Fsp3) is 0.0476. The third-order valence-electron chi connectivity index (χ3n) is 4.11. The summed E-state index contributed by atoms with van der Waals surface area (Å²) in [6.45, 7) is 1.94. The Labute approximate surface area is 155 Å². The van der Waals surface area contributed by atoms with Crippen molar-refractivity contribution in [2.24, 2.45) is 5.16 Å². The van der Waals surface area contributed by atoms with E-state index in [-0.39, 0.29) is 0 Å². The number of carbonyl (C=O) groups excluding carboxylic acids is 1. The first-order chi connectivity index (χ1) is 12.6. The maximum Gasteiger partial charge on any atom is 0.368 e. The van der Waals surface area contributed by atoms with Gasteiger partial charge in [-0.1, -0.05) is 59.2 Å². The molecule has 5 heteroatoms. The van der Waals surface area contributed by atoms with Gasteiger partial charge in [-0.05, 0) is 36.8 Å². The molecule has 0 N–H and O–H groups in total. The van der Waals surface area contributed by atoms with Gasteiger partial charge < -0.3 is 9.25 Å². The fourth-order valence-electron chi connectivity index (χ4n) is 2.69. The Bertz CT molecular complexity index is 1050. The lowest BCUT2D eigenvalue weighted by atomic mass is 10.0. The first-order valence-electron chi connectivity index (χ1n) is 8.05. The molecule has 1 aromatic heterocycles. The molecule has 1 aliphatic rings. The summed E-state index contributed by atoms with van der Waals surface area (Å²) < 4.78 is 5.86. The second-order valence-electron chi connectivity index (χ2n) is 5.91. The Kier molecular flexibility index (Phi) is 4.19. The van der Waals surface area contributed by atoms with Crippen molar-refractivity contribution in [3.05, 3.63) is 88.1 Å².